The van der Waals surface area contributed by atoms with E-state index in [-0.39, 0.29) is 29.1 Å². The zero-order chi connectivity index (χ0) is 14.0. The summed E-state index contributed by atoms with van der Waals surface area (Å²) in [6, 6.07) is 3.45. The van der Waals surface area contributed by atoms with Crippen LogP contribution in [0.4, 0.5) is 10.1 Å². The molecule has 5 nitrogen and oxygen atoms in total. The first-order valence-electron chi connectivity index (χ1n) is 6.06. The minimum absolute atomic E-state index is 0.0332. The maximum atomic E-state index is 13.3. The lowest BCUT2D eigenvalue weighted by molar-refractivity contribution is 0.107. The first-order chi connectivity index (χ1) is 8.90. The SMILES string of the molecule is CC1OCCC1CNS(=O)(=O)c1ccc(N)c(F)c1. The highest BCUT2D eigenvalue weighted by molar-refractivity contribution is 7.89. The van der Waals surface area contributed by atoms with Crippen LogP contribution in [0.2, 0.25) is 0 Å². The van der Waals surface area contributed by atoms with E-state index in [1.165, 1.54) is 12.1 Å². The molecule has 0 radical (unpaired) electrons. The van der Waals surface area contributed by atoms with Crippen LogP contribution < -0.4 is 10.5 Å². The quantitative estimate of drug-likeness (QED) is 0.813. The topological polar surface area (TPSA) is 81.4 Å². The van der Waals surface area contributed by atoms with Crippen LogP contribution in [-0.2, 0) is 14.8 Å². The maximum Gasteiger partial charge on any atom is 0.240 e. The summed E-state index contributed by atoms with van der Waals surface area (Å²) in [5.74, 6) is -0.589. The molecule has 1 aliphatic rings. The molecule has 0 aliphatic carbocycles. The summed E-state index contributed by atoms with van der Waals surface area (Å²) in [5, 5.41) is 0. The maximum absolute atomic E-state index is 13.3. The minimum Gasteiger partial charge on any atom is -0.396 e. The van der Waals surface area contributed by atoms with Gasteiger partial charge < -0.3 is 10.5 Å². The van der Waals surface area contributed by atoms with Gasteiger partial charge in [0.05, 0.1) is 16.7 Å². The molecule has 19 heavy (non-hydrogen) atoms. The van der Waals surface area contributed by atoms with Crippen molar-refractivity contribution in [3.05, 3.63) is 24.0 Å². The van der Waals surface area contributed by atoms with Gasteiger partial charge in [-0.25, -0.2) is 17.5 Å². The normalized spacial score (nSPS) is 23.7. The third-order valence-corrected chi connectivity index (χ3v) is 4.77. The predicted molar refractivity (Wildman–Crippen MR) is 69.5 cm³/mol. The van der Waals surface area contributed by atoms with Crippen molar-refractivity contribution in [1.29, 1.82) is 0 Å². The van der Waals surface area contributed by atoms with Crippen molar-refractivity contribution in [1.82, 2.24) is 4.72 Å². The summed E-state index contributed by atoms with van der Waals surface area (Å²) < 4.78 is 45.1. The molecular formula is C12H17FN2O3S. The summed E-state index contributed by atoms with van der Waals surface area (Å²) in [6.07, 6.45) is 0.852. The Morgan fingerprint density at radius 3 is 2.84 bits per heavy atom. The van der Waals surface area contributed by atoms with E-state index in [0.717, 1.165) is 12.5 Å². The van der Waals surface area contributed by atoms with Crippen molar-refractivity contribution in [2.24, 2.45) is 5.92 Å². The van der Waals surface area contributed by atoms with Crippen LogP contribution in [-0.4, -0.2) is 27.7 Å². The number of nitrogens with two attached hydrogens (primary N) is 1. The van der Waals surface area contributed by atoms with Gasteiger partial charge in [0.15, 0.2) is 0 Å². The van der Waals surface area contributed by atoms with Gasteiger partial charge in [-0.15, -0.1) is 0 Å². The molecule has 106 valence electrons. The number of hydrogen-bond donors (Lipinski definition) is 2. The molecule has 2 rings (SSSR count). The fourth-order valence-corrected chi connectivity index (χ4v) is 3.13. The fraction of sp³-hybridized carbons (Fsp3) is 0.500. The molecule has 0 saturated carbocycles. The highest BCUT2D eigenvalue weighted by Gasteiger charge is 2.26. The van der Waals surface area contributed by atoms with Crippen LogP contribution in [0.15, 0.2) is 23.1 Å². The van der Waals surface area contributed by atoms with Crippen molar-refractivity contribution in [3.63, 3.8) is 0 Å². The third kappa shape index (κ3) is 3.23. The van der Waals surface area contributed by atoms with Gasteiger partial charge in [0.25, 0.3) is 0 Å². The van der Waals surface area contributed by atoms with E-state index in [0.29, 0.717) is 6.61 Å². The zero-order valence-electron chi connectivity index (χ0n) is 10.6. The molecule has 2 unspecified atom stereocenters. The highest BCUT2D eigenvalue weighted by Crippen LogP contribution is 2.21. The largest absolute Gasteiger partial charge is 0.396 e. The highest BCUT2D eigenvalue weighted by atomic mass is 32.2. The molecule has 0 spiro atoms. The Hall–Kier alpha value is -1.18. The first kappa shape index (κ1) is 14.2. The van der Waals surface area contributed by atoms with E-state index in [2.05, 4.69) is 4.72 Å². The summed E-state index contributed by atoms with van der Waals surface area (Å²) in [4.78, 5) is -0.120. The number of ether oxygens (including phenoxy) is 1. The van der Waals surface area contributed by atoms with E-state index in [1.807, 2.05) is 6.92 Å². The van der Waals surface area contributed by atoms with Gasteiger partial charge in [-0.2, -0.15) is 0 Å². The Morgan fingerprint density at radius 1 is 1.53 bits per heavy atom. The second-order valence-electron chi connectivity index (χ2n) is 4.66. The predicted octanol–water partition coefficient (Wildman–Crippen LogP) is 1.11. The Labute approximate surface area is 112 Å². The summed E-state index contributed by atoms with van der Waals surface area (Å²) in [7, 11) is -3.71. The van der Waals surface area contributed by atoms with Crippen molar-refractivity contribution < 1.29 is 17.5 Å². The van der Waals surface area contributed by atoms with Crippen LogP contribution >= 0.6 is 0 Å². The van der Waals surface area contributed by atoms with Gasteiger partial charge in [0.2, 0.25) is 10.0 Å². The molecule has 1 heterocycles. The van der Waals surface area contributed by atoms with Crippen LogP contribution in [0.25, 0.3) is 0 Å². The number of nitrogen functional groups attached to an aromatic ring is 1. The minimum atomic E-state index is -3.71. The molecule has 1 aromatic carbocycles. The van der Waals surface area contributed by atoms with Gasteiger partial charge in [-0.1, -0.05) is 0 Å². The van der Waals surface area contributed by atoms with E-state index >= 15 is 0 Å². The number of benzene rings is 1. The van der Waals surface area contributed by atoms with E-state index in [9.17, 15) is 12.8 Å². The standard InChI is InChI=1S/C12H17FN2O3S/c1-8-9(4-5-18-8)7-15-19(16,17)10-2-3-12(14)11(13)6-10/h2-3,6,8-9,15H,4-5,7,14H2,1H3. The Kier molecular flexibility index (Phi) is 4.07. The number of hydrogen-bond acceptors (Lipinski definition) is 4. The van der Waals surface area contributed by atoms with E-state index in [1.54, 1.807) is 0 Å². The van der Waals surface area contributed by atoms with Crippen LogP contribution in [0.3, 0.4) is 0 Å². The lowest BCUT2D eigenvalue weighted by atomic mass is 10.0. The van der Waals surface area contributed by atoms with E-state index in [4.69, 9.17) is 10.5 Å². The number of anilines is 1. The fourth-order valence-electron chi connectivity index (χ4n) is 2.02. The second-order valence-corrected chi connectivity index (χ2v) is 6.43. The number of halogens is 1. The average Bonchev–Trinajstić information content (AvgIpc) is 2.76. The molecule has 1 aromatic rings. The molecule has 0 aromatic heterocycles. The van der Waals surface area contributed by atoms with Crippen LogP contribution in [0.1, 0.15) is 13.3 Å². The van der Waals surface area contributed by atoms with Crippen LogP contribution in [0.5, 0.6) is 0 Å². The zero-order valence-corrected chi connectivity index (χ0v) is 11.4. The lowest BCUT2D eigenvalue weighted by Gasteiger charge is -2.15. The van der Waals surface area contributed by atoms with Crippen molar-refractivity contribution in [2.45, 2.75) is 24.3 Å². The summed E-state index contributed by atoms with van der Waals surface area (Å²) >= 11 is 0. The van der Waals surface area contributed by atoms with E-state index < -0.39 is 15.8 Å². The molecule has 0 bridgehead atoms. The Bertz CT molecular complexity index is 562. The second kappa shape index (κ2) is 5.44. The number of nitrogens with one attached hydrogen (secondary N) is 1. The van der Waals surface area contributed by atoms with Crippen molar-refractivity contribution in [3.8, 4) is 0 Å². The van der Waals surface area contributed by atoms with Gasteiger partial charge in [0.1, 0.15) is 5.82 Å². The average molecular weight is 288 g/mol. The van der Waals surface area contributed by atoms with Crippen molar-refractivity contribution in [2.75, 3.05) is 18.9 Å². The first-order valence-corrected chi connectivity index (χ1v) is 7.55. The third-order valence-electron chi connectivity index (χ3n) is 3.35. The van der Waals surface area contributed by atoms with Crippen molar-refractivity contribution >= 4 is 15.7 Å². The number of rotatable bonds is 4. The van der Waals surface area contributed by atoms with Gasteiger partial charge in [-0.05, 0) is 31.5 Å². The molecule has 2 atom stereocenters. The smallest absolute Gasteiger partial charge is 0.240 e. The van der Waals surface area contributed by atoms with Gasteiger partial charge in [-0.3, -0.25) is 0 Å². The van der Waals surface area contributed by atoms with Crippen LogP contribution in [0, 0.1) is 11.7 Å². The van der Waals surface area contributed by atoms with Gasteiger partial charge >= 0.3 is 0 Å². The Balaban J connectivity index is 2.07. The molecule has 3 N–H and O–H groups in total. The molecule has 0 amide bonds. The lowest BCUT2D eigenvalue weighted by Crippen LogP contribution is -2.32. The molecule has 1 aliphatic heterocycles. The van der Waals surface area contributed by atoms with Gasteiger partial charge in [0, 0.05) is 19.1 Å². The summed E-state index contributed by atoms with van der Waals surface area (Å²) in [6.45, 7) is 2.84. The molecule has 1 saturated heterocycles. The summed E-state index contributed by atoms with van der Waals surface area (Å²) in [5.41, 5.74) is 5.24. The Morgan fingerprint density at radius 2 is 2.26 bits per heavy atom. The molecular weight excluding hydrogens is 271 g/mol. The monoisotopic (exact) mass is 288 g/mol. The number of sulfonamides is 1. The molecule has 1 fully saturated rings. The molecule has 7 heteroatoms.